The molecule has 1 aromatic heterocycles. The van der Waals surface area contributed by atoms with Gasteiger partial charge in [0.2, 0.25) is 5.01 Å². The van der Waals surface area contributed by atoms with E-state index >= 15 is 0 Å². The Hall–Kier alpha value is -1.45. The topological polar surface area (TPSA) is 77.2 Å². The maximum Gasteiger partial charge on any atom is 0.365 e. The van der Waals surface area contributed by atoms with Gasteiger partial charge in [0.25, 0.3) is 0 Å². The number of hydrogen-bond donors (Lipinski definition) is 1. The van der Waals surface area contributed by atoms with Crippen molar-refractivity contribution >= 4 is 17.3 Å². The number of nitrogens with zero attached hydrogens (tertiary/aromatic N) is 3. The van der Waals surface area contributed by atoms with Crippen molar-refractivity contribution in [1.82, 2.24) is 9.88 Å². The van der Waals surface area contributed by atoms with Gasteiger partial charge in [-0.2, -0.15) is 5.26 Å². The van der Waals surface area contributed by atoms with Crippen molar-refractivity contribution in [3.05, 3.63) is 16.1 Å². The van der Waals surface area contributed by atoms with Crippen LogP contribution in [0.5, 0.6) is 0 Å². The molecular weight excluding hydrogens is 214 g/mol. The molecule has 0 aliphatic heterocycles. The van der Waals surface area contributed by atoms with Crippen molar-refractivity contribution in [3.63, 3.8) is 0 Å². The van der Waals surface area contributed by atoms with Gasteiger partial charge in [0.05, 0.1) is 11.8 Å². The summed E-state index contributed by atoms with van der Waals surface area (Å²) in [6.45, 7) is 1.24. The fourth-order valence-electron chi connectivity index (χ4n) is 1.07. The summed E-state index contributed by atoms with van der Waals surface area (Å²) in [4.78, 5) is 16.4. The van der Waals surface area contributed by atoms with E-state index in [4.69, 9.17) is 10.4 Å². The van der Waals surface area contributed by atoms with Crippen LogP contribution in [0.3, 0.4) is 0 Å². The number of carboxylic acid groups (broad SMARTS) is 1. The second-order valence-electron chi connectivity index (χ2n) is 3.10. The van der Waals surface area contributed by atoms with Gasteiger partial charge < -0.3 is 5.11 Å². The van der Waals surface area contributed by atoms with E-state index in [9.17, 15) is 4.79 Å². The number of aromatic nitrogens is 1. The summed E-state index contributed by atoms with van der Waals surface area (Å²) in [5.41, 5.74) is 0.734. The van der Waals surface area contributed by atoms with E-state index < -0.39 is 5.97 Å². The minimum atomic E-state index is -0.995. The Labute approximate surface area is 91.6 Å². The van der Waals surface area contributed by atoms with Crippen LogP contribution in [0.1, 0.15) is 21.9 Å². The number of carboxylic acids is 1. The van der Waals surface area contributed by atoms with E-state index in [-0.39, 0.29) is 5.01 Å². The van der Waals surface area contributed by atoms with Crippen molar-refractivity contribution in [2.24, 2.45) is 0 Å². The van der Waals surface area contributed by atoms with Crippen molar-refractivity contribution in [2.45, 2.75) is 13.0 Å². The van der Waals surface area contributed by atoms with E-state index in [0.29, 0.717) is 19.5 Å². The average Bonchev–Trinajstić information content (AvgIpc) is 2.63. The Morgan fingerprint density at radius 2 is 2.53 bits per heavy atom. The highest BCUT2D eigenvalue weighted by Gasteiger charge is 2.09. The van der Waals surface area contributed by atoms with Crippen molar-refractivity contribution in [3.8, 4) is 6.07 Å². The summed E-state index contributed by atoms with van der Waals surface area (Å²) in [5.74, 6) is -0.995. The number of carbonyl (C=O) groups is 1. The first-order valence-corrected chi connectivity index (χ1v) is 5.24. The predicted octanol–water partition coefficient (Wildman–Crippen LogP) is 1.19. The summed E-state index contributed by atoms with van der Waals surface area (Å²) in [7, 11) is 1.87. The first-order chi connectivity index (χ1) is 7.13. The number of aromatic carboxylic acids is 1. The highest BCUT2D eigenvalue weighted by atomic mass is 32.1. The summed E-state index contributed by atoms with van der Waals surface area (Å²) in [6.07, 6.45) is 0.465. The van der Waals surface area contributed by atoms with Crippen LogP contribution in [0.15, 0.2) is 5.38 Å². The van der Waals surface area contributed by atoms with Gasteiger partial charge in [-0.1, -0.05) is 0 Å². The van der Waals surface area contributed by atoms with Crippen LogP contribution in [-0.2, 0) is 6.54 Å². The third-order valence-corrected chi connectivity index (χ3v) is 2.65. The molecule has 5 nitrogen and oxygen atoms in total. The lowest BCUT2D eigenvalue weighted by molar-refractivity contribution is 0.0696. The minimum Gasteiger partial charge on any atom is -0.476 e. The Kier molecular flexibility index (Phi) is 4.21. The van der Waals surface area contributed by atoms with Gasteiger partial charge in [-0.05, 0) is 7.05 Å². The molecule has 0 radical (unpaired) electrons. The first kappa shape index (κ1) is 11.6. The van der Waals surface area contributed by atoms with E-state index in [2.05, 4.69) is 11.1 Å². The second kappa shape index (κ2) is 5.44. The third kappa shape index (κ3) is 3.65. The highest BCUT2D eigenvalue weighted by Crippen LogP contribution is 2.11. The molecule has 15 heavy (non-hydrogen) atoms. The van der Waals surface area contributed by atoms with E-state index in [1.165, 1.54) is 0 Å². The Morgan fingerprint density at radius 3 is 3.07 bits per heavy atom. The summed E-state index contributed by atoms with van der Waals surface area (Å²) in [5, 5.41) is 18.9. The smallest absolute Gasteiger partial charge is 0.365 e. The average molecular weight is 225 g/mol. The van der Waals surface area contributed by atoms with Gasteiger partial charge >= 0.3 is 5.97 Å². The molecule has 0 fully saturated rings. The molecule has 0 saturated heterocycles. The number of rotatable bonds is 5. The largest absolute Gasteiger partial charge is 0.476 e. The van der Waals surface area contributed by atoms with Crippen LogP contribution in [0.4, 0.5) is 0 Å². The molecule has 0 saturated carbocycles. The molecule has 0 spiro atoms. The van der Waals surface area contributed by atoms with Gasteiger partial charge in [-0.15, -0.1) is 11.3 Å². The molecule has 0 atom stereocenters. The fourth-order valence-corrected chi connectivity index (χ4v) is 1.72. The maximum absolute atomic E-state index is 10.6. The van der Waals surface area contributed by atoms with Crippen molar-refractivity contribution < 1.29 is 9.90 Å². The quantitative estimate of drug-likeness (QED) is 0.814. The lowest BCUT2D eigenvalue weighted by Crippen LogP contribution is -2.19. The predicted molar refractivity (Wildman–Crippen MR) is 55.6 cm³/mol. The van der Waals surface area contributed by atoms with Crippen LogP contribution >= 0.6 is 11.3 Å². The summed E-state index contributed by atoms with van der Waals surface area (Å²) >= 11 is 1.12. The lowest BCUT2D eigenvalue weighted by Gasteiger charge is -2.12. The minimum absolute atomic E-state index is 0.110. The Morgan fingerprint density at radius 1 is 1.80 bits per heavy atom. The Bertz CT molecular complexity index is 383. The first-order valence-electron chi connectivity index (χ1n) is 4.36. The maximum atomic E-state index is 10.6. The zero-order valence-corrected chi connectivity index (χ0v) is 9.12. The standard InChI is InChI=1S/C9H11N3O2S/c1-12(4-2-3-10)5-7-6-15-8(11-7)9(13)14/h6H,2,4-5H2,1H3,(H,13,14). The van der Waals surface area contributed by atoms with Crippen LogP contribution < -0.4 is 0 Å². The van der Waals surface area contributed by atoms with Crippen molar-refractivity contribution in [2.75, 3.05) is 13.6 Å². The molecule has 0 amide bonds. The molecule has 6 heteroatoms. The van der Waals surface area contributed by atoms with E-state index in [1.54, 1.807) is 5.38 Å². The molecule has 0 aliphatic carbocycles. The molecular formula is C9H11N3O2S. The lowest BCUT2D eigenvalue weighted by atomic mass is 10.4. The molecule has 80 valence electrons. The van der Waals surface area contributed by atoms with Crippen LogP contribution in [0.25, 0.3) is 0 Å². The molecule has 0 aliphatic rings. The normalized spacial score (nSPS) is 10.2. The monoisotopic (exact) mass is 225 g/mol. The molecule has 1 rings (SSSR count). The zero-order chi connectivity index (χ0) is 11.3. The SMILES string of the molecule is CN(CCC#N)Cc1csc(C(=O)O)n1. The fraction of sp³-hybridized carbons (Fsp3) is 0.444. The zero-order valence-electron chi connectivity index (χ0n) is 8.30. The molecule has 1 N–H and O–H groups in total. The third-order valence-electron chi connectivity index (χ3n) is 1.77. The molecule has 1 aromatic rings. The van der Waals surface area contributed by atoms with Gasteiger partial charge in [0, 0.05) is 24.9 Å². The molecule has 0 unspecified atom stereocenters. The second-order valence-corrected chi connectivity index (χ2v) is 3.95. The van der Waals surface area contributed by atoms with E-state index in [1.807, 2.05) is 11.9 Å². The summed E-state index contributed by atoms with van der Waals surface area (Å²) in [6, 6.07) is 2.05. The Balaban J connectivity index is 2.50. The van der Waals surface area contributed by atoms with Crippen LogP contribution in [-0.4, -0.2) is 34.6 Å². The van der Waals surface area contributed by atoms with Gasteiger partial charge in [-0.25, -0.2) is 9.78 Å². The van der Waals surface area contributed by atoms with Crippen LogP contribution in [0, 0.1) is 11.3 Å². The highest BCUT2D eigenvalue weighted by molar-refractivity contribution is 7.11. The van der Waals surface area contributed by atoms with Crippen molar-refractivity contribution in [1.29, 1.82) is 5.26 Å². The van der Waals surface area contributed by atoms with Gasteiger partial charge in [0.15, 0.2) is 0 Å². The molecule has 0 bridgehead atoms. The van der Waals surface area contributed by atoms with E-state index in [0.717, 1.165) is 17.0 Å². The van der Waals surface area contributed by atoms with Crippen LogP contribution in [0.2, 0.25) is 0 Å². The van der Waals surface area contributed by atoms with Gasteiger partial charge in [-0.3, -0.25) is 4.90 Å². The number of nitriles is 1. The number of hydrogen-bond acceptors (Lipinski definition) is 5. The van der Waals surface area contributed by atoms with Gasteiger partial charge in [0.1, 0.15) is 0 Å². The summed E-state index contributed by atoms with van der Waals surface area (Å²) < 4.78 is 0. The molecule has 0 aromatic carbocycles. The number of thiazole rings is 1. The molecule has 1 heterocycles.